The molecule has 102 valence electrons. The molecule has 1 heterocycles. The average molecular weight is 261 g/mol. The first-order valence-corrected chi connectivity index (χ1v) is 6.92. The average Bonchev–Trinajstić information content (AvgIpc) is 3.04. The molecule has 1 aromatic carbocycles. The van der Waals surface area contributed by atoms with E-state index in [0.29, 0.717) is 13.2 Å². The zero-order valence-electron chi connectivity index (χ0n) is 10.9. The number of aryl methyl sites for hydroxylation is 2. The molecule has 1 fully saturated rings. The van der Waals surface area contributed by atoms with Crippen LogP contribution in [-0.4, -0.2) is 29.8 Å². The largest absolute Gasteiger partial charge is 0.479 e. The topological polar surface area (TPSA) is 58.6 Å². The minimum atomic E-state index is -0.871. The SMILES string of the molecule is O=C(O)[C@@H]1OCC[C@@H]1NCc1ccc2c(c1)CCC2. The van der Waals surface area contributed by atoms with E-state index in [1.54, 1.807) is 0 Å². The fourth-order valence-corrected chi connectivity index (χ4v) is 3.03. The molecule has 4 nitrogen and oxygen atoms in total. The smallest absolute Gasteiger partial charge is 0.334 e. The third-order valence-electron chi connectivity index (χ3n) is 4.07. The maximum absolute atomic E-state index is 11.0. The van der Waals surface area contributed by atoms with Crippen molar-refractivity contribution in [3.05, 3.63) is 34.9 Å². The van der Waals surface area contributed by atoms with Crippen molar-refractivity contribution in [3.63, 3.8) is 0 Å². The predicted octanol–water partition coefficient (Wildman–Crippen LogP) is 1.51. The van der Waals surface area contributed by atoms with E-state index in [1.807, 2.05) is 0 Å². The second-order valence-electron chi connectivity index (χ2n) is 5.36. The van der Waals surface area contributed by atoms with Crippen LogP contribution in [0.4, 0.5) is 0 Å². The lowest BCUT2D eigenvalue weighted by Crippen LogP contribution is -2.40. The number of aliphatic carboxylic acids is 1. The standard InChI is InChI=1S/C15H19NO3/c17-15(18)14-13(6-7-19-14)16-9-10-4-5-11-2-1-3-12(11)8-10/h4-5,8,13-14,16H,1-3,6-7,9H2,(H,17,18)/t13-,14+/m0/s1. The summed E-state index contributed by atoms with van der Waals surface area (Å²) in [5, 5.41) is 12.4. The van der Waals surface area contributed by atoms with Crippen LogP contribution in [-0.2, 0) is 28.9 Å². The van der Waals surface area contributed by atoms with Crippen molar-refractivity contribution in [3.8, 4) is 0 Å². The van der Waals surface area contributed by atoms with Crippen molar-refractivity contribution in [2.45, 2.75) is 44.4 Å². The zero-order valence-corrected chi connectivity index (χ0v) is 10.9. The molecule has 1 aromatic rings. The third-order valence-corrected chi connectivity index (χ3v) is 4.07. The molecule has 1 saturated heterocycles. The number of carboxylic acid groups (broad SMARTS) is 1. The van der Waals surface area contributed by atoms with Crippen LogP contribution in [0, 0.1) is 0 Å². The van der Waals surface area contributed by atoms with E-state index in [-0.39, 0.29) is 6.04 Å². The quantitative estimate of drug-likeness (QED) is 0.862. The predicted molar refractivity (Wildman–Crippen MR) is 71.1 cm³/mol. The molecule has 4 heteroatoms. The number of ether oxygens (including phenoxy) is 1. The third kappa shape index (κ3) is 2.65. The van der Waals surface area contributed by atoms with E-state index in [9.17, 15) is 4.79 Å². The van der Waals surface area contributed by atoms with Gasteiger partial charge in [-0.3, -0.25) is 0 Å². The van der Waals surface area contributed by atoms with Crippen LogP contribution in [0.15, 0.2) is 18.2 Å². The van der Waals surface area contributed by atoms with Gasteiger partial charge in [0.2, 0.25) is 0 Å². The summed E-state index contributed by atoms with van der Waals surface area (Å²) in [6.07, 6.45) is 3.69. The lowest BCUT2D eigenvalue weighted by atomic mass is 10.1. The molecule has 0 bridgehead atoms. The fourth-order valence-electron chi connectivity index (χ4n) is 3.03. The number of nitrogens with one attached hydrogen (secondary N) is 1. The summed E-state index contributed by atoms with van der Waals surface area (Å²) in [4.78, 5) is 11.0. The van der Waals surface area contributed by atoms with Crippen LogP contribution in [0.25, 0.3) is 0 Å². The molecule has 0 radical (unpaired) electrons. The van der Waals surface area contributed by atoms with Crippen molar-refractivity contribution in [1.82, 2.24) is 5.32 Å². The normalized spacial score (nSPS) is 25.5. The van der Waals surface area contributed by atoms with Crippen molar-refractivity contribution < 1.29 is 14.6 Å². The number of rotatable bonds is 4. The van der Waals surface area contributed by atoms with Gasteiger partial charge in [-0.25, -0.2) is 4.79 Å². The van der Waals surface area contributed by atoms with Crippen molar-refractivity contribution in [1.29, 1.82) is 0 Å². The summed E-state index contributed by atoms with van der Waals surface area (Å²) in [5.74, 6) is -0.871. The highest BCUT2D eigenvalue weighted by Gasteiger charge is 2.33. The maximum atomic E-state index is 11.0. The molecule has 0 spiro atoms. The molecule has 2 N–H and O–H groups in total. The highest BCUT2D eigenvalue weighted by molar-refractivity contribution is 5.73. The fraction of sp³-hybridized carbons (Fsp3) is 0.533. The molecule has 0 aromatic heterocycles. The summed E-state index contributed by atoms with van der Waals surface area (Å²) in [6, 6.07) is 6.52. The zero-order chi connectivity index (χ0) is 13.2. The van der Waals surface area contributed by atoms with Crippen molar-refractivity contribution >= 4 is 5.97 Å². The molecule has 19 heavy (non-hydrogen) atoms. The number of carboxylic acids is 1. The number of benzene rings is 1. The summed E-state index contributed by atoms with van der Waals surface area (Å²) >= 11 is 0. The Morgan fingerprint density at radius 2 is 2.21 bits per heavy atom. The monoisotopic (exact) mass is 261 g/mol. The Labute approximate surface area is 112 Å². The highest BCUT2D eigenvalue weighted by Crippen LogP contribution is 2.23. The van der Waals surface area contributed by atoms with Gasteiger partial charge >= 0.3 is 5.97 Å². The van der Waals surface area contributed by atoms with Crippen molar-refractivity contribution in [2.24, 2.45) is 0 Å². The first kappa shape index (κ1) is 12.6. The molecule has 0 unspecified atom stereocenters. The van der Waals surface area contributed by atoms with Gasteiger partial charge in [-0.05, 0) is 42.4 Å². The Morgan fingerprint density at radius 3 is 3.05 bits per heavy atom. The molecule has 2 atom stereocenters. The second-order valence-corrected chi connectivity index (χ2v) is 5.36. The van der Waals surface area contributed by atoms with E-state index in [1.165, 1.54) is 36.0 Å². The van der Waals surface area contributed by atoms with Gasteiger partial charge in [-0.1, -0.05) is 18.2 Å². The van der Waals surface area contributed by atoms with Crippen LogP contribution in [0.2, 0.25) is 0 Å². The van der Waals surface area contributed by atoms with Gasteiger partial charge in [0.05, 0.1) is 0 Å². The lowest BCUT2D eigenvalue weighted by Gasteiger charge is -2.16. The Hall–Kier alpha value is -1.39. The van der Waals surface area contributed by atoms with Crippen LogP contribution in [0.1, 0.15) is 29.5 Å². The Kier molecular flexibility index (Phi) is 3.53. The molecule has 1 aliphatic heterocycles. The summed E-state index contributed by atoms with van der Waals surface area (Å²) < 4.78 is 5.23. The van der Waals surface area contributed by atoms with E-state index >= 15 is 0 Å². The molecule has 0 saturated carbocycles. The number of fused-ring (bicyclic) bond motifs is 1. The van der Waals surface area contributed by atoms with Crippen molar-refractivity contribution in [2.75, 3.05) is 6.61 Å². The van der Waals surface area contributed by atoms with E-state index in [4.69, 9.17) is 9.84 Å². The highest BCUT2D eigenvalue weighted by atomic mass is 16.5. The number of carbonyl (C=O) groups is 1. The van der Waals surface area contributed by atoms with Gasteiger partial charge in [-0.2, -0.15) is 0 Å². The molecule has 0 amide bonds. The van der Waals surface area contributed by atoms with E-state index < -0.39 is 12.1 Å². The number of hydrogen-bond acceptors (Lipinski definition) is 3. The summed E-state index contributed by atoms with van der Waals surface area (Å²) in [7, 11) is 0. The maximum Gasteiger partial charge on any atom is 0.334 e. The second kappa shape index (κ2) is 5.31. The van der Waals surface area contributed by atoms with Gasteiger partial charge in [0.1, 0.15) is 0 Å². The first-order chi connectivity index (χ1) is 9.24. The minimum Gasteiger partial charge on any atom is -0.479 e. The van der Waals surface area contributed by atoms with Crippen LogP contribution in [0.3, 0.4) is 0 Å². The Morgan fingerprint density at radius 1 is 1.37 bits per heavy atom. The Bertz CT molecular complexity index is 486. The van der Waals surface area contributed by atoms with Gasteiger partial charge < -0.3 is 15.2 Å². The Balaban J connectivity index is 1.61. The molecule has 3 rings (SSSR count). The summed E-state index contributed by atoms with van der Waals surface area (Å²) in [5.41, 5.74) is 4.16. The minimum absolute atomic E-state index is 0.0780. The molecule has 2 aliphatic rings. The van der Waals surface area contributed by atoms with Gasteiger partial charge in [0, 0.05) is 19.2 Å². The molecule has 1 aliphatic carbocycles. The van der Waals surface area contributed by atoms with Gasteiger partial charge in [-0.15, -0.1) is 0 Å². The van der Waals surface area contributed by atoms with Crippen LogP contribution >= 0.6 is 0 Å². The number of hydrogen-bond donors (Lipinski definition) is 2. The summed E-state index contributed by atoms with van der Waals surface area (Å²) in [6.45, 7) is 1.24. The lowest BCUT2D eigenvalue weighted by molar-refractivity contribution is -0.148. The van der Waals surface area contributed by atoms with E-state index in [0.717, 1.165) is 6.42 Å². The molecular weight excluding hydrogens is 242 g/mol. The first-order valence-electron chi connectivity index (χ1n) is 6.92. The van der Waals surface area contributed by atoms with Crippen LogP contribution in [0.5, 0.6) is 0 Å². The molecular formula is C15H19NO3. The van der Waals surface area contributed by atoms with Crippen LogP contribution < -0.4 is 5.32 Å². The van der Waals surface area contributed by atoms with E-state index in [2.05, 4.69) is 23.5 Å². The van der Waals surface area contributed by atoms with Gasteiger partial charge in [0.25, 0.3) is 0 Å². The van der Waals surface area contributed by atoms with Gasteiger partial charge in [0.15, 0.2) is 6.10 Å².